The first-order valence-electron chi connectivity index (χ1n) is 6.60. The summed E-state index contributed by atoms with van der Waals surface area (Å²) in [5, 5.41) is 3.23. The summed E-state index contributed by atoms with van der Waals surface area (Å²) in [6.45, 7) is 2.00. The van der Waals surface area contributed by atoms with Crippen LogP contribution in [0.5, 0.6) is 0 Å². The van der Waals surface area contributed by atoms with E-state index in [0.29, 0.717) is 6.04 Å². The zero-order valence-electron chi connectivity index (χ0n) is 10.3. The van der Waals surface area contributed by atoms with Crippen molar-refractivity contribution in [2.75, 3.05) is 0 Å². The first-order valence-corrected chi connectivity index (χ1v) is 6.60. The Bertz CT molecular complexity index is 440. The van der Waals surface area contributed by atoms with Gasteiger partial charge in [0.15, 0.2) is 0 Å². The van der Waals surface area contributed by atoms with E-state index < -0.39 is 0 Å². The summed E-state index contributed by atoms with van der Waals surface area (Å²) >= 11 is 0. The molecule has 2 saturated carbocycles. The molecular formula is C15H19NO. The second-order valence-corrected chi connectivity index (χ2v) is 5.57. The normalized spacial score (nSPS) is 30.5. The Kier molecular flexibility index (Phi) is 2.65. The molecule has 1 aromatic rings. The van der Waals surface area contributed by atoms with Crippen molar-refractivity contribution in [3.8, 4) is 0 Å². The molecule has 1 amide bonds. The summed E-state index contributed by atoms with van der Waals surface area (Å²) in [5.74, 6) is 1.73. The Hall–Kier alpha value is -1.31. The molecule has 0 aliphatic heterocycles. The number of benzene rings is 1. The van der Waals surface area contributed by atoms with Crippen LogP contribution in [0.4, 0.5) is 0 Å². The maximum atomic E-state index is 12.2. The lowest BCUT2D eigenvalue weighted by atomic mass is 9.95. The van der Waals surface area contributed by atoms with Gasteiger partial charge >= 0.3 is 0 Å². The molecule has 2 nitrogen and oxygen atoms in total. The Morgan fingerprint density at radius 2 is 2.06 bits per heavy atom. The fraction of sp³-hybridized carbons (Fsp3) is 0.533. The van der Waals surface area contributed by atoms with Crippen LogP contribution in [0.3, 0.4) is 0 Å². The number of hydrogen-bond donors (Lipinski definition) is 1. The van der Waals surface area contributed by atoms with Crippen molar-refractivity contribution < 1.29 is 4.79 Å². The van der Waals surface area contributed by atoms with E-state index in [2.05, 4.69) is 5.32 Å². The number of nitrogens with one attached hydrogen (secondary N) is 1. The molecule has 2 aliphatic rings. The molecule has 3 rings (SSSR count). The lowest BCUT2D eigenvalue weighted by Crippen LogP contribution is -2.38. The smallest absolute Gasteiger partial charge is 0.251 e. The van der Waals surface area contributed by atoms with Gasteiger partial charge in [0.1, 0.15) is 0 Å². The first-order chi connectivity index (χ1) is 8.24. The van der Waals surface area contributed by atoms with Crippen molar-refractivity contribution in [2.45, 2.75) is 38.6 Å². The fourth-order valence-corrected chi connectivity index (χ4v) is 3.50. The fourth-order valence-electron chi connectivity index (χ4n) is 3.50. The first kappa shape index (κ1) is 10.8. The molecule has 90 valence electrons. The van der Waals surface area contributed by atoms with E-state index in [1.165, 1.54) is 25.7 Å². The number of fused-ring (bicyclic) bond motifs is 2. The third-order valence-corrected chi connectivity index (χ3v) is 4.44. The summed E-state index contributed by atoms with van der Waals surface area (Å²) in [5.41, 5.74) is 1.89. The predicted octanol–water partition coefficient (Wildman–Crippen LogP) is 2.91. The summed E-state index contributed by atoms with van der Waals surface area (Å²) in [6.07, 6.45) is 5.21. The van der Waals surface area contributed by atoms with Crippen LogP contribution in [-0.2, 0) is 0 Å². The van der Waals surface area contributed by atoms with Gasteiger partial charge in [-0.05, 0) is 49.7 Å². The van der Waals surface area contributed by atoms with Gasteiger partial charge < -0.3 is 5.32 Å². The average Bonchev–Trinajstić information content (AvgIpc) is 2.91. The van der Waals surface area contributed by atoms with E-state index in [1.807, 2.05) is 31.2 Å². The predicted molar refractivity (Wildman–Crippen MR) is 67.9 cm³/mol. The van der Waals surface area contributed by atoms with Gasteiger partial charge in [-0.3, -0.25) is 4.79 Å². The second-order valence-electron chi connectivity index (χ2n) is 5.57. The van der Waals surface area contributed by atoms with Gasteiger partial charge in [0, 0.05) is 11.6 Å². The maximum absolute atomic E-state index is 12.2. The maximum Gasteiger partial charge on any atom is 0.251 e. The number of aryl methyl sites for hydroxylation is 1. The highest BCUT2D eigenvalue weighted by molar-refractivity contribution is 5.95. The third-order valence-electron chi connectivity index (χ3n) is 4.44. The lowest BCUT2D eigenvalue weighted by molar-refractivity contribution is 0.0922. The summed E-state index contributed by atoms with van der Waals surface area (Å²) in [6, 6.07) is 8.25. The minimum atomic E-state index is 0.112. The highest BCUT2D eigenvalue weighted by Gasteiger charge is 2.40. The molecule has 0 aromatic heterocycles. The molecule has 17 heavy (non-hydrogen) atoms. The molecule has 1 aromatic carbocycles. The summed E-state index contributed by atoms with van der Waals surface area (Å²) in [4.78, 5) is 12.2. The van der Waals surface area contributed by atoms with Gasteiger partial charge in [-0.1, -0.05) is 24.6 Å². The Morgan fingerprint density at radius 3 is 2.71 bits per heavy atom. The van der Waals surface area contributed by atoms with Crippen LogP contribution < -0.4 is 5.32 Å². The standard InChI is InChI=1S/C15H19NO/c1-10-4-2-3-5-13(10)15(17)16-14-9-11-6-7-12(14)8-11/h2-5,11-12,14H,6-9H2,1H3,(H,16,17)/t11-,12-,14+/m0/s1. The van der Waals surface area contributed by atoms with E-state index in [0.717, 1.165) is 23.0 Å². The highest BCUT2D eigenvalue weighted by Crippen LogP contribution is 2.44. The quantitative estimate of drug-likeness (QED) is 0.830. The van der Waals surface area contributed by atoms with E-state index >= 15 is 0 Å². The van der Waals surface area contributed by atoms with Crippen molar-refractivity contribution in [2.24, 2.45) is 11.8 Å². The zero-order chi connectivity index (χ0) is 11.8. The zero-order valence-corrected chi connectivity index (χ0v) is 10.3. The average molecular weight is 229 g/mol. The molecule has 1 N–H and O–H groups in total. The van der Waals surface area contributed by atoms with Crippen molar-refractivity contribution in [3.63, 3.8) is 0 Å². The molecule has 2 fully saturated rings. The molecule has 2 bridgehead atoms. The Balaban J connectivity index is 1.70. The molecule has 0 spiro atoms. The number of amides is 1. The van der Waals surface area contributed by atoms with Gasteiger partial charge in [-0.2, -0.15) is 0 Å². The van der Waals surface area contributed by atoms with Crippen LogP contribution in [0.2, 0.25) is 0 Å². The van der Waals surface area contributed by atoms with E-state index in [-0.39, 0.29) is 5.91 Å². The van der Waals surface area contributed by atoms with Crippen molar-refractivity contribution in [1.82, 2.24) is 5.32 Å². The van der Waals surface area contributed by atoms with Crippen LogP contribution in [0.15, 0.2) is 24.3 Å². The Morgan fingerprint density at radius 1 is 1.24 bits per heavy atom. The number of rotatable bonds is 2. The van der Waals surface area contributed by atoms with Crippen LogP contribution >= 0.6 is 0 Å². The topological polar surface area (TPSA) is 29.1 Å². The molecule has 0 radical (unpaired) electrons. The molecule has 2 aliphatic carbocycles. The van der Waals surface area contributed by atoms with Gasteiger partial charge in [0.2, 0.25) is 0 Å². The van der Waals surface area contributed by atoms with Gasteiger partial charge in [-0.15, -0.1) is 0 Å². The van der Waals surface area contributed by atoms with Gasteiger partial charge in [0.25, 0.3) is 5.91 Å². The molecular weight excluding hydrogens is 210 g/mol. The van der Waals surface area contributed by atoms with Crippen LogP contribution in [-0.4, -0.2) is 11.9 Å². The monoisotopic (exact) mass is 229 g/mol. The summed E-state index contributed by atoms with van der Waals surface area (Å²) in [7, 11) is 0. The van der Waals surface area contributed by atoms with Crippen molar-refractivity contribution in [3.05, 3.63) is 35.4 Å². The minimum Gasteiger partial charge on any atom is -0.349 e. The number of carbonyl (C=O) groups is 1. The molecule has 2 heteroatoms. The van der Waals surface area contributed by atoms with Crippen LogP contribution in [0.25, 0.3) is 0 Å². The van der Waals surface area contributed by atoms with Crippen molar-refractivity contribution >= 4 is 5.91 Å². The largest absolute Gasteiger partial charge is 0.349 e. The van der Waals surface area contributed by atoms with Crippen molar-refractivity contribution in [1.29, 1.82) is 0 Å². The lowest BCUT2D eigenvalue weighted by Gasteiger charge is -2.23. The van der Waals surface area contributed by atoms with E-state index in [9.17, 15) is 4.79 Å². The molecule has 0 saturated heterocycles. The third kappa shape index (κ3) is 1.97. The van der Waals surface area contributed by atoms with Crippen LogP contribution in [0, 0.1) is 18.8 Å². The number of hydrogen-bond acceptors (Lipinski definition) is 1. The second kappa shape index (κ2) is 4.17. The highest BCUT2D eigenvalue weighted by atomic mass is 16.1. The Labute approximate surface area is 102 Å². The van der Waals surface area contributed by atoms with Crippen LogP contribution in [0.1, 0.15) is 41.6 Å². The van der Waals surface area contributed by atoms with Gasteiger partial charge in [-0.25, -0.2) is 0 Å². The SMILES string of the molecule is Cc1ccccc1C(=O)N[C@@H]1C[C@H]2CC[C@H]1C2. The number of carbonyl (C=O) groups excluding carboxylic acids is 1. The van der Waals surface area contributed by atoms with E-state index in [1.54, 1.807) is 0 Å². The van der Waals surface area contributed by atoms with E-state index in [4.69, 9.17) is 0 Å². The molecule has 0 unspecified atom stereocenters. The summed E-state index contributed by atoms with van der Waals surface area (Å²) < 4.78 is 0. The minimum absolute atomic E-state index is 0.112. The molecule has 3 atom stereocenters. The molecule has 0 heterocycles. The van der Waals surface area contributed by atoms with Gasteiger partial charge in [0.05, 0.1) is 0 Å².